The van der Waals surface area contributed by atoms with E-state index >= 15 is 0 Å². The zero-order valence-corrected chi connectivity index (χ0v) is 13.4. The van der Waals surface area contributed by atoms with Crippen LogP contribution in [0, 0.1) is 25.5 Å². The van der Waals surface area contributed by atoms with E-state index in [4.69, 9.17) is 0 Å². The van der Waals surface area contributed by atoms with Gasteiger partial charge < -0.3 is 5.32 Å². The van der Waals surface area contributed by atoms with Crippen LogP contribution in [0.1, 0.15) is 22.1 Å². The summed E-state index contributed by atoms with van der Waals surface area (Å²) >= 11 is 0. The molecule has 0 saturated heterocycles. The fraction of sp³-hybridized carbons (Fsp3) is 0.118. The third kappa shape index (κ3) is 3.97. The molecule has 0 aliphatic carbocycles. The second-order valence-electron chi connectivity index (χ2n) is 5.32. The quantitative estimate of drug-likeness (QED) is 0.792. The molecule has 0 unspecified atom stereocenters. The summed E-state index contributed by atoms with van der Waals surface area (Å²) in [7, 11) is 0. The van der Waals surface area contributed by atoms with Crippen molar-refractivity contribution in [2.24, 2.45) is 0 Å². The van der Waals surface area contributed by atoms with Crippen molar-refractivity contribution in [1.82, 2.24) is 19.9 Å². The lowest BCUT2D eigenvalue weighted by Gasteiger charge is -2.07. The molecular weight excluding hydrogens is 328 g/mol. The monoisotopic (exact) mass is 341 g/mol. The van der Waals surface area contributed by atoms with E-state index in [1.54, 1.807) is 19.9 Å². The number of hydrogen-bond donors (Lipinski definition) is 1. The standard InChI is InChI=1S/C17H13F2N5O/c1-9-5-14(11-6-12(18)8-13(19)7-11)23-16(21-9)17(25)24-15-3-4-20-10(2)22-15/h3-8H,1-2H3,(H,20,22,24,25). The number of nitrogens with one attached hydrogen (secondary N) is 1. The molecule has 0 fully saturated rings. The molecule has 1 amide bonds. The van der Waals surface area contributed by atoms with Gasteiger partial charge in [-0.15, -0.1) is 0 Å². The van der Waals surface area contributed by atoms with Crippen molar-refractivity contribution < 1.29 is 13.6 Å². The summed E-state index contributed by atoms with van der Waals surface area (Å²) in [5.41, 5.74) is 0.948. The second kappa shape index (κ2) is 6.68. The number of nitrogens with zero attached hydrogens (tertiary/aromatic N) is 4. The zero-order chi connectivity index (χ0) is 18.0. The third-order valence-corrected chi connectivity index (χ3v) is 3.23. The average molecular weight is 341 g/mol. The van der Waals surface area contributed by atoms with Gasteiger partial charge in [0, 0.05) is 23.5 Å². The van der Waals surface area contributed by atoms with E-state index in [2.05, 4.69) is 25.3 Å². The molecule has 25 heavy (non-hydrogen) atoms. The van der Waals surface area contributed by atoms with Gasteiger partial charge in [0.2, 0.25) is 5.82 Å². The van der Waals surface area contributed by atoms with E-state index in [-0.39, 0.29) is 17.1 Å². The molecule has 0 bridgehead atoms. The van der Waals surface area contributed by atoms with Crippen LogP contribution in [0.25, 0.3) is 11.3 Å². The predicted octanol–water partition coefficient (Wildman–Crippen LogP) is 3.08. The summed E-state index contributed by atoms with van der Waals surface area (Å²) in [5.74, 6) is -1.36. The Bertz CT molecular complexity index is 941. The van der Waals surface area contributed by atoms with Gasteiger partial charge in [-0.25, -0.2) is 28.7 Å². The van der Waals surface area contributed by atoms with Gasteiger partial charge >= 0.3 is 0 Å². The highest BCUT2D eigenvalue weighted by atomic mass is 19.1. The van der Waals surface area contributed by atoms with Crippen LogP contribution in [0.2, 0.25) is 0 Å². The topological polar surface area (TPSA) is 80.7 Å². The zero-order valence-electron chi connectivity index (χ0n) is 13.4. The Labute approximate surface area is 142 Å². The first-order chi connectivity index (χ1) is 11.9. The Hall–Kier alpha value is -3.29. The first kappa shape index (κ1) is 16.6. The van der Waals surface area contributed by atoms with Crippen molar-refractivity contribution in [1.29, 1.82) is 0 Å². The van der Waals surface area contributed by atoms with Crippen molar-refractivity contribution in [3.63, 3.8) is 0 Å². The van der Waals surface area contributed by atoms with E-state index in [1.807, 2.05) is 0 Å². The van der Waals surface area contributed by atoms with Gasteiger partial charge in [0.05, 0.1) is 5.69 Å². The van der Waals surface area contributed by atoms with Crippen LogP contribution in [-0.2, 0) is 0 Å². The highest BCUT2D eigenvalue weighted by molar-refractivity contribution is 6.01. The van der Waals surface area contributed by atoms with Gasteiger partial charge in [0.15, 0.2) is 0 Å². The van der Waals surface area contributed by atoms with Gasteiger partial charge in [-0.3, -0.25) is 4.79 Å². The molecule has 0 atom stereocenters. The van der Waals surface area contributed by atoms with Gasteiger partial charge in [-0.2, -0.15) is 0 Å². The minimum absolute atomic E-state index is 0.129. The lowest BCUT2D eigenvalue weighted by atomic mass is 10.1. The van der Waals surface area contributed by atoms with Crippen LogP contribution >= 0.6 is 0 Å². The molecule has 8 heteroatoms. The van der Waals surface area contributed by atoms with Crippen molar-refractivity contribution >= 4 is 11.7 Å². The van der Waals surface area contributed by atoms with E-state index < -0.39 is 17.5 Å². The van der Waals surface area contributed by atoms with E-state index in [9.17, 15) is 13.6 Å². The number of hydrogen-bond acceptors (Lipinski definition) is 5. The molecular formula is C17H13F2N5O. The molecule has 6 nitrogen and oxygen atoms in total. The molecule has 0 aliphatic heterocycles. The minimum atomic E-state index is -0.728. The van der Waals surface area contributed by atoms with Crippen molar-refractivity contribution in [3.05, 3.63) is 65.5 Å². The number of aryl methyl sites for hydroxylation is 2. The Morgan fingerprint density at radius 2 is 1.72 bits per heavy atom. The minimum Gasteiger partial charge on any atom is -0.304 e. The van der Waals surface area contributed by atoms with Gasteiger partial charge in [0.25, 0.3) is 5.91 Å². The summed E-state index contributed by atoms with van der Waals surface area (Å²) in [6.45, 7) is 3.35. The second-order valence-corrected chi connectivity index (χ2v) is 5.32. The largest absolute Gasteiger partial charge is 0.304 e. The molecule has 0 spiro atoms. The number of benzene rings is 1. The van der Waals surface area contributed by atoms with Crippen molar-refractivity contribution in [2.45, 2.75) is 13.8 Å². The fourth-order valence-corrected chi connectivity index (χ4v) is 2.22. The average Bonchev–Trinajstić information content (AvgIpc) is 2.53. The molecule has 126 valence electrons. The summed E-state index contributed by atoms with van der Waals surface area (Å²) in [4.78, 5) is 28.5. The van der Waals surface area contributed by atoms with Crippen LogP contribution < -0.4 is 5.32 Å². The molecule has 1 N–H and O–H groups in total. The molecule has 2 heterocycles. The maximum atomic E-state index is 13.4. The van der Waals surface area contributed by atoms with Crippen LogP contribution in [-0.4, -0.2) is 25.8 Å². The van der Waals surface area contributed by atoms with Crippen LogP contribution in [0.15, 0.2) is 36.5 Å². The van der Waals surface area contributed by atoms with Crippen LogP contribution in [0.4, 0.5) is 14.6 Å². The Kier molecular flexibility index (Phi) is 4.42. The number of carbonyl (C=O) groups is 1. The lowest BCUT2D eigenvalue weighted by Crippen LogP contribution is -2.17. The number of aromatic nitrogens is 4. The summed E-state index contributed by atoms with van der Waals surface area (Å²) in [6.07, 6.45) is 1.51. The summed E-state index contributed by atoms with van der Waals surface area (Å²) < 4.78 is 26.8. The third-order valence-electron chi connectivity index (χ3n) is 3.23. The maximum absolute atomic E-state index is 13.4. The van der Waals surface area contributed by atoms with Crippen molar-refractivity contribution in [2.75, 3.05) is 5.32 Å². The predicted molar refractivity (Wildman–Crippen MR) is 86.8 cm³/mol. The molecule has 0 saturated carbocycles. The van der Waals surface area contributed by atoms with Gasteiger partial charge in [-0.05, 0) is 38.1 Å². The first-order valence-electron chi connectivity index (χ1n) is 7.34. The van der Waals surface area contributed by atoms with E-state index in [0.29, 0.717) is 17.3 Å². The molecule has 1 aromatic carbocycles. The molecule has 2 aromatic heterocycles. The number of amides is 1. The highest BCUT2D eigenvalue weighted by Crippen LogP contribution is 2.20. The SMILES string of the molecule is Cc1cc(-c2cc(F)cc(F)c2)nc(C(=O)Nc2ccnc(C)n2)n1. The number of halogens is 2. The smallest absolute Gasteiger partial charge is 0.294 e. The van der Waals surface area contributed by atoms with Crippen LogP contribution in [0.3, 0.4) is 0 Å². The Balaban J connectivity index is 1.94. The molecule has 3 rings (SSSR count). The van der Waals surface area contributed by atoms with E-state index in [0.717, 1.165) is 18.2 Å². The fourth-order valence-electron chi connectivity index (χ4n) is 2.22. The van der Waals surface area contributed by atoms with Crippen LogP contribution in [0.5, 0.6) is 0 Å². The highest BCUT2D eigenvalue weighted by Gasteiger charge is 2.14. The first-order valence-corrected chi connectivity index (χ1v) is 7.34. The Morgan fingerprint density at radius 1 is 1.00 bits per heavy atom. The molecule has 0 radical (unpaired) electrons. The number of anilines is 1. The molecule has 0 aliphatic rings. The number of rotatable bonds is 3. The summed E-state index contributed by atoms with van der Waals surface area (Å²) in [6, 6.07) is 6.12. The summed E-state index contributed by atoms with van der Waals surface area (Å²) in [5, 5.41) is 2.56. The lowest BCUT2D eigenvalue weighted by molar-refractivity contribution is 0.101. The van der Waals surface area contributed by atoms with Gasteiger partial charge in [0.1, 0.15) is 23.3 Å². The van der Waals surface area contributed by atoms with Gasteiger partial charge in [-0.1, -0.05) is 0 Å². The maximum Gasteiger partial charge on any atom is 0.294 e. The number of carbonyl (C=O) groups excluding carboxylic acids is 1. The molecule has 3 aromatic rings. The Morgan fingerprint density at radius 3 is 2.40 bits per heavy atom. The van der Waals surface area contributed by atoms with Crippen molar-refractivity contribution in [3.8, 4) is 11.3 Å². The normalized spacial score (nSPS) is 10.6. The van der Waals surface area contributed by atoms with E-state index in [1.165, 1.54) is 12.3 Å².